The lowest BCUT2D eigenvalue weighted by molar-refractivity contribution is -0.123. The first kappa shape index (κ1) is 19.6. The van der Waals surface area contributed by atoms with Crippen LogP contribution in [-0.4, -0.2) is 11.7 Å². The number of benzene rings is 2. The minimum atomic E-state index is -1.59. The number of nitriles is 1. The molecule has 3 N–H and O–H groups in total. The van der Waals surface area contributed by atoms with E-state index in [9.17, 15) is 14.9 Å². The molecule has 2 aliphatic heterocycles. The van der Waals surface area contributed by atoms with Crippen molar-refractivity contribution in [3.05, 3.63) is 86.4 Å². The third-order valence-corrected chi connectivity index (χ3v) is 7.18. The molecule has 1 aliphatic carbocycles. The van der Waals surface area contributed by atoms with Crippen LogP contribution in [0.4, 0.5) is 5.69 Å². The second-order valence-corrected chi connectivity index (χ2v) is 8.90. The zero-order valence-corrected chi connectivity index (χ0v) is 18.2. The maximum atomic E-state index is 13.5. The molecule has 154 valence electrons. The van der Waals surface area contributed by atoms with Crippen LogP contribution in [0.5, 0.6) is 0 Å². The number of nitrogens with zero attached hydrogens (tertiary/aromatic N) is 1. The molecule has 2 aromatic carbocycles. The number of Topliss-reactive ketones (excluding diaryl/α,β-unsaturated/α-hetero) is 1. The molecule has 0 fully saturated rings. The number of nitrogens with two attached hydrogens (primary N) is 1. The maximum Gasteiger partial charge on any atom is 0.245 e. The fraction of sp³-hybridized carbons (Fsp3) is 0.208. The monoisotopic (exact) mass is 475 g/mol. The number of hydrogen-bond acceptors (Lipinski definition) is 5. The van der Waals surface area contributed by atoms with E-state index in [1.54, 1.807) is 6.07 Å². The van der Waals surface area contributed by atoms with Crippen LogP contribution in [0.3, 0.4) is 0 Å². The summed E-state index contributed by atoms with van der Waals surface area (Å²) in [4.78, 5) is 27.0. The Labute approximate surface area is 187 Å². The van der Waals surface area contributed by atoms with E-state index in [4.69, 9.17) is 10.5 Å². The first-order valence-electron chi connectivity index (χ1n) is 9.90. The van der Waals surface area contributed by atoms with Crippen LogP contribution in [0.15, 0.2) is 69.7 Å². The summed E-state index contributed by atoms with van der Waals surface area (Å²) in [5, 5.41) is 12.8. The predicted molar refractivity (Wildman–Crippen MR) is 118 cm³/mol. The third kappa shape index (κ3) is 2.61. The van der Waals surface area contributed by atoms with Crippen molar-refractivity contribution >= 4 is 33.3 Å². The normalized spacial score (nSPS) is 24.5. The highest BCUT2D eigenvalue weighted by molar-refractivity contribution is 9.10. The van der Waals surface area contributed by atoms with Crippen molar-refractivity contribution in [2.45, 2.75) is 31.1 Å². The van der Waals surface area contributed by atoms with E-state index in [0.717, 1.165) is 15.6 Å². The van der Waals surface area contributed by atoms with Crippen molar-refractivity contribution < 1.29 is 14.3 Å². The molecule has 1 amide bonds. The van der Waals surface area contributed by atoms with Crippen LogP contribution in [-0.2, 0) is 19.7 Å². The highest BCUT2D eigenvalue weighted by Crippen LogP contribution is 2.55. The standard InChI is InChI=1S/C24H18BrN3O3/c1-12-7-15-18(10-17(12)25)28-23(30)24(15)16(11-26)22(27)31-20-9-14(8-19(29)21(20)24)13-5-3-2-4-6-13/h2-7,10,14H,8-9,27H2,1H3,(H,28,30)/t14-,24-/m1/s1. The Hall–Kier alpha value is -3.37. The van der Waals surface area contributed by atoms with Gasteiger partial charge in [0.05, 0.1) is 5.57 Å². The second-order valence-electron chi connectivity index (χ2n) is 8.04. The molecular weight excluding hydrogens is 458 g/mol. The third-order valence-electron chi connectivity index (χ3n) is 6.33. The summed E-state index contributed by atoms with van der Waals surface area (Å²) in [6.07, 6.45) is 0.648. The van der Waals surface area contributed by atoms with Gasteiger partial charge in [-0.1, -0.05) is 52.3 Å². The Morgan fingerprint density at radius 3 is 2.68 bits per heavy atom. The predicted octanol–water partition coefficient (Wildman–Crippen LogP) is 4.07. The summed E-state index contributed by atoms with van der Waals surface area (Å²) in [7, 11) is 0. The molecule has 2 aromatic rings. The number of fused-ring (bicyclic) bond motifs is 3. The largest absolute Gasteiger partial charge is 0.444 e. The number of nitrogens with one attached hydrogen (secondary N) is 1. The highest BCUT2D eigenvalue weighted by atomic mass is 79.9. The fourth-order valence-electron chi connectivity index (χ4n) is 4.91. The van der Waals surface area contributed by atoms with Gasteiger partial charge in [0.2, 0.25) is 11.8 Å². The fourth-order valence-corrected chi connectivity index (χ4v) is 5.26. The molecule has 7 heteroatoms. The van der Waals surface area contributed by atoms with Crippen LogP contribution < -0.4 is 11.1 Å². The zero-order chi connectivity index (χ0) is 21.9. The van der Waals surface area contributed by atoms with E-state index >= 15 is 0 Å². The summed E-state index contributed by atoms with van der Waals surface area (Å²) in [5.41, 5.74) is 7.76. The number of allylic oxidation sites excluding steroid dienone is 1. The highest BCUT2D eigenvalue weighted by Gasteiger charge is 2.60. The van der Waals surface area contributed by atoms with Crippen LogP contribution in [0.1, 0.15) is 35.4 Å². The number of rotatable bonds is 1. The minimum Gasteiger partial charge on any atom is -0.444 e. The number of halogens is 1. The average Bonchev–Trinajstić information content (AvgIpc) is 3.00. The molecule has 2 heterocycles. The second kappa shape index (κ2) is 6.82. The number of amides is 1. The molecule has 5 rings (SSSR count). The van der Waals surface area contributed by atoms with E-state index in [2.05, 4.69) is 27.3 Å². The molecular formula is C24H18BrN3O3. The average molecular weight is 476 g/mol. The van der Waals surface area contributed by atoms with Gasteiger partial charge in [0.1, 0.15) is 22.8 Å². The molecule has 3 aliphatic rings. The number of carbonyl (C=O) groups is 2. The molecule has 1 spiro atoms. The molecule has 31 heavy (non-hydrogen) atoms. The quantitative estimate of drug-likeness (QED) is 0.646. The van der Waals surface area contributed by atoms with Crippen molar-refractivity contribution in [2.24, 2.45) is 5.73 Å². The van der Waals surface area contributed by atoms with Crippen molar-refractivity contribution in [3.8, 4) is 6.07 Å². The Balaban J connectivity index is 1.76. The first-order valence-corrected chi connectivity index (χ1v) is 10.7. The van der Waals surface area contributed by atoms with Crippen molar-refractivity contribution in [2.75, 3.05) is 5.32 Å². The molecule has 2 atom stereocenters. The lowest BCUT2D eigenvalue weighted by Gasteiger charge is -2.39. The lowest BCUT2D eigenvalue weighted by atomic mass is 9.63. The maximum absolute atomic E-state index is 13.5. The topological polar surface area (TPSA) is 105 Å². The SMILES string of the molecule is Cc1cc2c(cc1Br)NC(=O)[C@@]21C(C#N)=C(N)OC2=C1C(=O)C[C@@H](c1ccccc1)C2. The van der Waals surface area contributed by atoms with E-state index in [-0.39, 0.29) is 35.2 Å². The Morgan fingerprint density at radius 1 is 1.23 bits per heavy atom. The molecule has 0 radical (unpaired) electrons. The van der Waals surface area contributed by atoms with Crippen LogP contribution in [0.25, 0.3) is 0 Å². The smallest absolute Gasteiger partial charge is 0.245 e. The summed E-state index contributed by atoms with van der Waals surface area (Å²) in [6, 6.07) is 15.4. The summed E-state index contributed by atoms with van der Waals surface area (Å²) < 4.78 is 6.64. The van der Waals surface area contributed by atoms with Crippen LogP contribution >= 0.6 is 15.9 Å². The Bertz CT molecular complexity index is 1270. The number of ether oxygens (including phenoxy) is 1. The van der Waals surface area contributed by atoms with Gasteiger partial charge in [-0.25, -0.2) is 0 Å². The molecule has 6 nitrogen and oxygen atoms in total. The van der Waals surface area contributed by atoms with Gasteiger partial charge < -0.3 is 15.8 Å². The lowest BCUT2D eigenvalue weighted by Crippen LogP contribution is -2.47. The minimum absolute atomic E-state index is 0.0456. The van der Waals surface area contributed by atoms with Gasteiger partial charge in [-0.3, -0.25) is 9.59 Å². The van der Waals surface area contributed by atoms with Crippen LogP contribution in [0, 0.1) is 18.3 Å². The van der Waals surface area contributed by atoms with Gasteiger partial charge in [0, 0.05) is 28.6 Å². The van der Waals surface area contributed by atoms with Crippen molar-refractivity contribution in [1.82, 2.24) is 0 Å². The Kier molecular flexibility index (Phi) is 4.31. The summed E-state index contributed by atoms with van der Waals surface area (Å²) in [5.74, 6) is -0.520. The molecule has 0 bridgehead atoms. The van der Waals surface area contributed by atoms with Gasteiger partial charge >= 0.3 is 0 Å². The van der Waals surface area contributed by atoms with Crippen molar-refractivity contribution in [1.29, 1.82) is 5.26 Å². The number of aryl methyl sites for hydroxylation is 1. The first-order chi connectivity index (χ1) is 14.9. The van der Waals surface area contributed by atoms with Gasteiger partial charge in [-0.2, -0.15) is 5.26 Å². The molecule has 0 saturated heterocycles. The molecule has 0 aromatic heterocycles. The van der Waals surface area contributed by atoms with E-state index in [1.807, 2.05) is 43.3 Å². The summed E-state index contributed by atoms with van der Waals surface area (Å²) >= 11 is 3.48. The molecule has 0 saturated carbocycles. The van der Waals surface area contributed by atoms with E-state index < -0.39 is 11.3 Å². The summed E-state index contributed by atoms with van der Waals surface area (Å²) in [6.45, 7) is 1.89. The number of anilines is 1. The van der Waals surface area contributed by atoms with Gasteiger partial charge in [0.25, 0.3) is 0 Å². The van der Waals surface area contributed by atoms with E-state index in [1.165, 1.54) is 0 Å². The van der Waals surface area contributed by atoms with Crippen molar-refractivity contribution in [3.63, 3.8) is 0 Å². The van der Waals surface area contributed by atoms with Gasteiger partial charge in [0.15, 0.2) is 5.78 Å². The van der Waals surface area contributed by atoms with Crippen LogP contribution in [0.2, 0.25) is 0 Å². The zero-order valence-electron chi connectivity index (χ0n) is 16.7. The number of hydrogen-bond donors (Lipinski definition) is 2. The molecule has 0 unspecified atom stereocenters. The Morgan fingerprint density at radius 2 is 1.97 bits per heavy atom. The number of ketones is 1. The number of carbonyl (C=O) groups excluding carboxylic acids is 2. The van der Waals surface area contributed by atoms with Gasteiger partial charge in [-0.05, 0) is 30.0 Å². The van der Waals surface area contributed by atoms with Gasteiger partial charge in [-0.15, -0.1) is 0 Å². The van der Waals surface area contributed by atoms with E-state index in [0.29, 0.717) is 23.4 Å².